The van der Waals surface area contributed by atoms with Crippen molar-refractivity contribution >= 4 is 44.9 Å². The Morgan fingerprint density at radius 2 is 1.90 bits per heavy atom. The van der Waals surface area contributed by atoms with Gasteiger partial charge in [0.2, 0.25) is 5.91 Å². The Hall–Kier alpha value is -2.12. The van der Waals surface area contributed by atoms with Gasteiger partial charge in [-0.3, -0.25) is 14.2 Å². The molecule has 0 saturated heterocycles. The summed E-state index contributed by atoms with van der Waals surface area (Å²) in [5, 5.41) is 1.56. The van der Waals surface area contributed by atoms with Crippen LogP contribution in [0.15, 0.2) is 40.3 Å². The number of nitrogens with zero attached hydrogens (tertiary/aromatic N) is 3. The van der Waals surface area contributed by atoms with Crippen LogP contribution in [0.4, 0.5) is 5.69 Å². The molecule has 3 aromatic rings. The lowest BCUT2D eigenvalue weighted by Gasteiger charge is -2.20. The summed E-state index contributed by atoms with van der Waals surface area (Å²) in [6, 6.07) is 9.86. The van der Waals surface area contributed by atoms with E-state index in [0.717, 1.165) is 60.8 Å². The fraction of sp³-hybridized carbons (Fsp3) is 0.458. The maximum absolute atomic E-state index is 13.7. The minimum absolute atomic E-state index is 0.00833. The van der Waals surface area contributed by atoms with Crippen molar-refractivity contribution in [3.05, 3.63) is 51.1 Å². The van der Waals surface area contributed by atoms with E-state index in [9.17, 15) is 9.59 Å². The SMILES string of the molecule is CN(C(=O)CSc1nc2sc3c(c2c(=O)n1C1CCCC1)CCCC3)c1ccccc1. The van der Waals surface area contributed by atoms with Crippen LogP contribution in [0.25, 0.3) is 10.2 Å². The Morgan fingerprint density at radius 1 is 1.16 bits per heavy atom. The molecule has 2 aliphatic carbocycles. The summed E-state index contributed by atoms with van der Waals surface area (Å²) >= 11 is 3.09. The monoisotopic (exact) mass is 453 g/mol. The molecule has 162 valence electrons. The fourth-order valence-corrected chi connectivity index (χ4v) is 7.09. The molecular formula is C24H27N3O2S2. The second-order valence-electron chi connectivity index (χ2n) is 8.48. The average Bonchev–Trinajstić information content (AvgIpc) is 3.45. The third-order valence-corrected chi connectivity index (χ3v) is 8.64. The highest BCUT2D eigenvalue weighted by atomic mass is 32.2. The summed E-state index contributed by atoms with van der Waals surface area (Å²) in [6.45, 7) is 0. The maximum atomic E-state index is 13.7. The van der Waals surface area contributed by atoms with E-state index in [4.69, 9.17) is 4.98 Å². The molecule has 0 aliphatic heterocycles. The lowest BCUT2D eigenvalue weighted by atomic mass is 9.97. The molecule has 1 amide bonds. The largest absolute Gasteiger partial charge is 0.315 e. The first-order valence-electron chi connectivity index (χ1n) is 11.1. The predicted molar refractivity (Wildman–Crippen MR) is 129 cm³/mol. The van der Waals surface area contributed by atoms with E-state index >= 15 is 0 Å². The number of thioether (sulfide) groups is 1. The zero-order valence-electron chi connectivity index (χ0n) is 17.8. The van der Waals surface area contributed by atoms with Crippen LogP contribution >= 0.6 is 23.1 Å². The first-order chi connectivity index (χ1) is 15.1. The molecule has 0 bridgehead atoms. The first-order valence-corrected chi connectivity index (χ1v) is 12.9. The van der Waals surface area contributed by atoms with E-state index in [-0.39, 0.29) is 23.3 Å². The molecule has 1 saturated carbocycles. The molecule has 5 nitrogen and oxygen atoms in total. The second kappa shape index (κ2) is 8.79. The third-order valence-electron chi connectivity index (χ3n) is 6.52. The van der Waals surface area contributed by atoms with Crippen LogP contribution < -0.4 is 10.5 Å². The van der Waals surface area contributed by atoms with Crippen molar-refractivity contribution < 1.29 is 4.79 Å². The summed E-state index contributed by atoms with van der Waals surface area (Å²) in [5.74, 6) is 0.273. The van der Waals surface area contributed by atoms with Crippen LogP contribution in [-0.2, 0) is 17.6 Å². The molecular weight excluding hydrogens is 426 g/mol. The van der Waals surface area contributed by atoms with Gasteiger partial charge in [0, 0.05) is 23.7 Å². The van der Waals surface area contributed by atoms with Gasteiger partial charge in [0.25, 0.3) is 5.56 Å². The normalized spacial score (nSPS) is 16.5. The van der Waals surface area contributed by atoms with E-state index in [0.29, 0.717) is 5.16 Å². The zero-order chi connectivity index (χ0) is 21.4. The minimum atomic E-state index is 0.00833. The number of aryl methyl sites for hydroxylation is 2. The molecule has 2 aliphatic rings. The topological polar surface area (TPSA) is 55.2 Å². The Morgan fingerprint density at radius 3 is 2.68 bits per heavy atom. The molecule has 0 radical (unpaired) electrons. The summed E-state index contributed by atoms with van der Waals surface area (Å²) in [4.78, 5) is 35.4. The Kier molecular flexibility index (Phi) is 5.89. The van der Waals surface area contributed by atoms with Crippen LogP contribution in [0.5, 0.6) is 0 Å². The molecule has 0 unspecified atom stereocenters. The quantitative estimate of drug-likeness (QED) is 0.393. The zero-order valence-corrected chi connectivity index (χ0v) is 19.4. The van der Waals surface area contributed by atoms with Crippen molar-refractivity contribution in [3.63, 3.8) is 0 Å². The highest BCUT2D eigenvalue weighted by Crippen LogP contribution is 2.37. The van der Waals surface area contributed by atoms with E-state index in [1.165, 1.54) is 28.6 Å². The Balaban J connectivity index is 1.49. The van der Waals surface area contributed by atoms with Gasteiger partial charge in [-0.2, -0.15) is 0 Å². The van der Waals surface area contributed by atoms with Crippen molar-refractivity contribution in [2.24, 2.45) is 0 Å². The van der Waals surface area contributed by atoms with Gasteiger partial charge in [0.15, 0.2) is 5.16 Å². The smallest absolute Gasteiger partial charge is 0.263 e. The van der Waals surface area contributed by atoms with Crippen LogP contribution in [0.1, 0.15) is 55.0 Å². The number of hydrogen-bond acceptors (Lipinski definition) is 5. The van der Waals surface area contributed by atoms with Crippen LogP contribution in [0.3, 0.4) is 0 Å². The highest BCUT2D eigenvalue weighted by Gasteiger charge is 2.27. The summed E-state index contributed by atoms with van der Waals surface area (Å²) in [6.07, 6.45) is 8.73. The standard InChI is InChI=1S/C24H27N3O2S2/c1-26(16-9-3-2-4-10-16)20(28)15-30-24-25-22-21(18-13-7-8-14-19(18)31-22)23(29)27(24)17-11-5-6-12-17/h2-4,9-10,17H,5-8,11-15H2,1H3. The van der Waals surface area contributed by atoms with E-state index < -0.39 is 0 Å². The third kappa shape index (κ3) is 3.94. The van der Waals surface area contributed by atoms with Crippen molar-refractivity contribution in [1.29, 1.82) is 0 Å². The van der Waals surface area contributed by atoms with Crippen molar-refractivity contribution in [3.8, 4) is 0 Å². The van der Waals surface area contributed by atoms with Gasteiger partial charge >= 0.3 is 0 Å². The van der Waals surface area contributed by atoms with Gasteiger partial charge in [-0.15, -0.1) is 11.3 Å². The minimum Gasteiger partial charge on any atom is -0.315 e. The number of hydrogen-bond donors (Lipinski definition) is 0. The fourth-order valence-electron chi connectivity index (χ4n) is 4.80. The number of rotatable bonds is 5. The molecule has 0 N–H and O–H groups in total. The second-order valence-corrected chi connectivity index (χ2v) is 10.5. The van der Waals surface area contributed by atoms with Gasteiger partial charge < -0.3 is 4.90 Å². The lowest BCUT2D eigenvalue weighted by Crippen LogP contribution is -2.30. The number of anilines is 1. The lowest BCUT2D eigenvalue weighted by molar-refractivity contribution is -0.115. The molecule has 1 aromatic carbocycles. The molecule has 5 rings (SSSR count). The molecule has 7 heteroatoms. The van der Waals surface area contributed by atoms with Crippen molar-refractivity contribution in [2.45, 2.75) is 62.6 Å². The number of thiophene rings is 1. The predicted octanol–water partition coefficient (Wildman–Crippen LogP) is 5.21. The van der Waals surface area contributed by atoms with Crippen LogP contribution in [0.2, 0.25) is 0 Å². The number of carbonyl (C=O) groups is 1. The van der Waals surface area contributed by atoms with Gasteiger partial charge in [-0.1, -0.05) is 42.8 Å². The number of carbonyl (C=O) groups excluding carboxylic acids is 1. The van der Waals surface area contributed by atoms with Gasteiger partial charge in [0.05, 0.1) is 11.1 Å². The number of aromatic nitrogens is 2. The van der Waals surface area contributed by atoms with Crippen LogP contribution in [-0.4, -0.2) is 28.3 Å². The van der Waals surface area contributed by atoms with E-state index in [1.54, 1.807) is 23.3 Å². The van der Waals surface area contributed by atoms with Crippen molar-refractivity contribution in [1.82, 2.24) is 9.55 Å². The van der Waals surface area contributed by atoms with Gasteiger partial charge in [-0.05, 0) is 56.2 Å². The highest BCUT2D eigenvalue weighted by molar-refractivity contribution is 7.99. The number of fused-ring (bicyclic) bond motifs is 3. The van der Waals surface area contributed by atoms with E-state index in [1.807, 2.05) is 34.9 Å². The summed E-state index contributed by atoms with van der Waals surface area (Å²) in [7, 11) is 1.80. The number of amides is 1. The van der Waals surface area contributed by atoms with Crippen molar-refractivity contribution in [2.75, 3.05) is 17.7 Å². The molecule has 2 aromatic heterocycles. The van der Waals surface area contributed by atoms with Crippen LogP contribution in [0, 0.1) is 0 Å². The van der Waals surface area contributed by atoms with Gasteiger partial charge in [-0.25, -0.2) is 4.98 Å². The van der Waals surface area contributed by atoms with E-state index in [2.05, 4.69) is 0 Å². The molecule has 0 spiro atoms. The average molecular weight is 454 g/mol. The maximum Gasteiger partial charge on any atom is 0.263 e. The molecule has 0 atom stereocenters. The molecule has 1 fully saturated rings. The summed E-state index contributed by atoms with van der Waals surface area (Å²) in [5.41, 5.74) is 2.23. The molecule has 2 heterocycles. The van der Waals surface area contributed by atoms with Gasteiger partial charge in [0.1, 0.15) is 4.83 Å². The first kappa shape index (κ1) is 20.8. The number of para-hydroxylation sites is 1. The molecule has 31 heavy (non-hydrogen) atoms. The Labute approximate surface area is 190 Å². The summed E-state index contributed by atoms with van der Waals surface area (Å²) < 4.78 is 1.93. The Bertz CT molecular complexity index is 1160. The number of benzene rings is 1.